The molecule has 0 heterocycles. The van der Waals surface area contributed by atoms with Crippen LogP contribution in [0.3, 0.4) is 0 Å². The molecule has 0 aromatic heterocycles. The molecule has 0 radical (unpaired) electrons. The Balaban J connectivity index is 2.92. The number of benzene rings is 1. The zero-order chi connectivity index (χ0) is 13.2. The van der Waals surface area contributed by atoms with Gasteiger partial charge in [-0.2, -0.15) is 0 Å². The van der Waals surface area contributed by atoms with E-state index in [0.29, 0.717) is 10.6 Å². The third-order valence-corrected chi connectivity index (χ3v) is 3.17. The normalized spacial score (nSPS) is 14.4. The average Bonchev–Trinajstić information content (AvgIpc) is 2.22. The topological polar surface area (TPSA) is 59.7 Å². The number of nitrogens with two attached hydrogens (primary N) is 2. The van der Waals surface area contributed by atoms with E-state index in [2.05, 4.69) is 0 Å². The summed E-state index contributed by atoms with van der Waals surface area (Å²) in [6, 6.07) is 2.05. The van der Waals surface area contributed by atoms with Crippen molar-refractivity contribution >= 4 is 29.1 Å². The molecule has 0 spiro atoms. The first-order valence-corrected chi connectivity index (χ1v) is 5.87. The molecule has 17 heavy (non-hydrogen) atoms. The summed E-state index contributed by atoms with van der Waals surface area (Å²) in [4.78, 5) is 10.9. The van der Waals surface area contributed by atoms with Crippen LogP contribution in [0.5, 0.6) is 0 Å². The van der Waals surface area contributed by atoms with Gasteiger partial charge in [-0.3, -0.25) is 4.79 Å². The molecule has 3 nitrogen and oxygen atoms in total. The van der Waals surface area contributed by atoms with Gasteiger partial charge in [-0.15, -0.1) is 0 Å². The van der Waals surface area contributed by atoms with Crippen LogP contribution in [0, 0.1) is 5.82 Å². The van der Waals surface area contributed by atoms with Crippen molar-refractivity contribution in [2.24, 2.45) is 5.73 Å². The first kappa shape index (κ1) is 14.2. The minimum absolute atomic E-state index is 0.0195. The zero-order valence-corrected chi connectivity index (χ0v) is 11.0. The van der Waals surface area contributed by atoms with Crippen LogP contribution in [-0.2, 0) is 4.79 Å². The highest BCUT2D eigenvalue weighted by molar-refractivity contribution is 6.35. The smallest absolute Gasteiger partial charge is 0.275 e. The number of carbonyl (C=O) groups excluding carboxylic acids is 1. The van der Waals surface area contributed by atoms with E-state index < -0.39 is 17.8 Å². The molecule has 0 unspecified atom stereocenters. The second-order valence-corrected chi connectivity index (χ2v) is 4.77. The number of amides is 1. The van der Waals surface area contributed by atoms with Crippen LogP contribution < -0.4 is 11.1 Å². The van der Waals surface area contributed by atoms with E-state index in [4.69, 9.17) is 28.9 Å². The second kappa shape index (κ2) is 5.67. The van der Waals surface area contributed by atoms with Crippen molar-refractivity contribution in [2.45, 2.75) is 25.9 Å². The summed E-state index contributed by atoms with van der Waals surface area (Å²) in [5, 5.41) is 2.07. The van der Waals surface area contributed by atoms with Gasteiger partial charge in [-0.25, -0.2) is 4.39 Å². The van der Waals surface area contributed by atoms with E-state index in [1.807, 2.05) is 6.92 Å². The van der Waals surface area contributed by atoms with Crippen molar-refractivity contribution in [3.05, 3.63) is 33.6 Å². The lowest BCUT2D eigenvalue weighted by molar-refractivity contribution is -0.710. The maximum absolute atomic E-state index is 13.3. The van der Waals surface area contributed by atoms with E-state index in [9.17, 15) is 9.18 Å². The van der Waals surface area contributed by atoms with Crippen LogP contribution >= 0.6 is 23.2 Å². The van der Waals surface area contributed by atoms with Crippen LogP contribution in [0.4, 0.5) is 4.39 Å². The van der Waals surface area contributed by atoms with E-state index in [1.54, 1.807) is 12.2 Å². The molecule has 1 aromatic rings. The van der Waals surface area contributed by atoms with Crippen molar-refractivity contribution in [1.82, 2.24) is 0 Å². The summed E-state index contributed by atoms with van der Waals surface area (Å²) < 4.78 is 13.3. The van der Waals surface area contributed by atoms with Crippen LogP contribution in [0.15, 0.2) is 12.1 Å². The van der Waals surface area contributed by atoms with Crippen molar-refractivity contribution < 1.29 is 14.5 Å². The number of hydrogen-bond donors (Lipinski definition) is 2. The Morgan fingerprint density at radius 3 is 2.47 bits per heavy atom. The summed E-state index contributed by atoms with van der Waals surface area (Å²) in [5.74, 6) is -0.958. The summed E-state index contributed by atoms with van der Waals surface area (Å²) >= 11 is 11.6. The molecule has 0 bridgehead atoms. The number of carbonyl (C=O) groups is 1. The van der Waals surface area contributed by atoms with Gasteiger partial charge < -0.3 is 11.1 Å². The first-order valence-electron chi connectivity index (χ1n) is 5.11. The highest BCUT2D eigenvalue weighted by atomic mass is 35.5. The van der Waals surface area contributed by atoms with Crippen molar-refractivity contribution in [2.75, 3.05) is 0 Å². The Morgan fingerprint density at radius 1 is 1.35 bits per heavy atom. The van der Waals surface area contributed by atoms with Gasteiger partial charge >= 0.3 is 0 Å². The molecule has 94 valence electrons. The van der Waals surface area contributed by atoms with Gasteiger partial charge in [-0.1, -0.05) is 23.2 Å². The van der Waals surface area contributed by atoms with Gasteiger partial charge in [0, 0.05) is 5.56 Å². The molecule has 1 rings (SSSR count). The second-order valence-electron chi connectivity index (χ2n) is 3.96. The van der Waals surface area contributed by atoms with Crippen LogP contribution in [0.2, 0.25) is 10.0 Å². The number of hydrogen-bond acceptors (Lipinski definition) is 1. The van der Waals surface area contributed by atoms with Gasteiger partial charge in [0.1, 0.15) is 11.9 Å². The fraction of sp³-hybridized carbons (Fsp3) is 0.364. The highest BCUT2D eigenvalue weighted by Crippen LogP contribution is 2.27. The molecule has 0 fully saturated rings. The van der Waals surface area contributed by atoms with Gasteiger partial charge in [0.2, 0.25) is 0 Å². The molecule has 0 saturated heterocycles. The summed E-state index contributed by atoms with van der Waals surface area (Å²) in [6.45, 7) is 3.49. The highest BCUT2D eigenvalue weighted by Gasteiger charge is 2.20. The Hall–Kier alpha value is -0.840. The van der Waals surface area contributed by atoms with Crippen molar-refractivity contribution in [1.29, 1.82) is 0 Å². The predicted molar refractivity (Wildman–Crippen MR) is 65.4 cm³/mol. The molecular formula is C11H14Cl2FN2O+. The average molecular weight is 280 g/mol. The van der Waals surface area contributed by atoms with E-state index in [1.165, 1.54) is 12.1 Å². The van der Waals surface area contributed by atoms with Crippen molar-refractivity contribution in [3.63, 3.8) is 0 Å². The minimum Gasteiger partial charge on any atom is -0.365 e. The maximum atomic E-state index is 13.3. The number of primary amides is 1. The fourth-order valence-electron chi connectivity index (χ4n) is 1.52. The maximum Gasteiger partial charge on any atom is 0.275 e. The Kier molecular flexibility index (Phi) is 4.74. The Labute approximate surface area is 109 Å². The van der Waals surface area contributed by atoms with Gasteiger partial charge in [0.05, 0.1) is 10.0 Å². The van der Waals surface area contributed by atoms with Crippen LogP contribution in [-0.4, -0.2) is 11.9 Å². The summed E-state index contributed by atoms with van der Waals surface area (Å²) in [6.07, 6.45) is 0. The van der Waals surface area contributed by atoms with Crippen LogP contribution in [0.1, 0.15) is 25.5 Å². The van der Waals surface area contributed by atoms with Gasteiger partial charge in [-0.05, 0) is 26.0 Å². The lowest BCUT2D eigenvalue weighted by Gasteiger charge is -2.16. The molecule has 6 heteroatoms. The quantitative estimate of drug-likeness (QED) is 0.809. The van der Waals surface area contributed by atoms with Gasteiger partial charge in [0.15, 0.2) is 6.04 Å². The SMILES string of the molecule is C[C@@H]([NH2+][C@H](C)c1cc(F)c(Cl)cc1Cl)C(N)=O. The summed E-state index contributed by atoms with van der Waals surface area (Å²) in [7, 11) is 0. The molecule has 4 N–H and O–H groups in total. The lowest BCUT2D eigenvalue weighted by Crippen LogP contribution is -2.92. The molecule has 0 aliphatic heterocycles. The zero-order valence-electron chi connectivity index (χ0n) is 9.51. The third-order valence-electron chi connectivity index (χ3n) is 2.56. The van der Waals surface area contributed by atoms with Gasteiger partial charge in [0.25, 0.3) is 5.91 Å². The molecule has 0 aliphatic rings. The molecule has 0 saturated carbocycles. The van der Waals surface area contributed by atoms with E-state index >= 15 is 0 Å². The lowest BCUT2D eigenvalue weighted by atomic mass is 10.1. The van der Waals surface area contributed by atoms with Crippen LogP contribution in [0.25, 0.3) is 0 Å². The largest absolute Gasteiger partial charge is 0.365 e. The minimum atomic E-state index is -0.530. The van der Waals surface area contributed by atoms with Crippen molar-refractivity contribution in [3.8, 4) is 0 Å². The predicted octanol–water partition coefficient (Wildman–Crippen LogP) is 1.63. The molecule has 0 aliphatic carbocycles. The molecule has 1 amide bonds. The molecule has 2 atom stereocenters. The van der Waals surface area contributed by atoms with E-state index in [0.717, 1.165) is 0 Å². The fourth-order valence-corrected chi connectivity index (χ4v) is 2.07. The number of quaternary nitrogens is 1. The Morgan fingerprint density at radius 2 is 1.94 bits per heavy atom. The number of rotatable bonds is 4. The molecule has 1 aromatic carbocycles. The van der Waals surface area contributed by atoms with E-state index in [-0.39, 0.29) is 11.1 Å². The number of halogens is 3. The Bertz CT molecular complexity index is 440. The third kappa shape index (κ3) is 3.56. The standard InChI is InChI=1S/C11H13Cl2FN2O/c1-5(16-6(2)11(15)17)7-3-10(14)9(13)4-8(7)12/h3-6,16H,1-2H3,(H2,15,17)/p+1/t5-,6-/m1/s1. The monoisotopic (exact) mass is 279 g/mol. The summed E-state index contributed by atoms with van der Waals surface area (Å²) in [5.41, 5.74) is 5.74. The first-order chi connectivity index (χ1) is 7.82. The molecular weight excluding hydrogens is 266 g/mol.